The minimum Gasteiger partial charge on any atom is -0.484 e. The number of hydrogen-bond donors (Lipinski definition) is 0. The molecule has 2 bridgehead atoms. The number of likely N-dealkylation sites (tertiary alicyclic amines) is 1. The maximum Gasteiger partial charge on any atom is 0.260 e. The second kappa shape index (κ2) is 4.84. The third-order valence-corrected chi connectivity index (χ3v) is 5.06. The van der Waals surface area contributed by atoms with Crippen LogP contribution in [-0.2, 0) is 4.79 Å². The maximum absolute atomic E-state index is 12.1. The van der Waals surface area contributed by atoms with Crippen LogP contribution in [-0.4, -0.2) is 41.0 Å². The number of aryl methyl sites for hydroxylation is 1. The zero-order chi connectivity index (χ0) is 12.5. The number of carbonyl (C=O) groups excluding carboxylic acids is 1. The van der Waals surface area contributed by atoms with Gasteiger partial charge in [-0.05, 0) is 25.0 Å². The Bertz CT molecular complexity index is 463. The monoisotopic (exact) mass is 263 g/mol. The molecule has 1 aromatic rings. The molecule has 18 heavy (non-hydrogen) atoms. The highest BCUT2D eigenvalue weighted by Crippen LogP contribution is 2.37. The molecule has 3 rings (SSSR count). The van der Waals surface area contributed by atoms with Crippen molar-refractivity contribution in [1.82, 2.24) is 4.90 Å². The number of ether oxygens (including phenoxy) is 1. The van der Waals surface area contributed by atoms with Crippen molar-refractivity contribution in [3.8, 4) is 5.75 Å². The first-order valence-electron chi connectivity index (χ1n) is 6.33. The number of benzene rings is 1. The Morgan fingerprint density at radius 1 is 1.50 bits per heavy atom. The van der Waals surface area contributed by atoms with Crippen LogP contribution in [0.4, 0.5) is 0 Å². The smallest absolute Gasteiger partial charge is 0.260 e. The summed E-state index contributed by atoms with van der Waals surface area (Å²) < 4.78 is 5.62. The zero-order valence-electron chi connectivity index (χ0n) is 10.5. The fourth-order valence-corrected chi connectivity index (χ4v) is 4.08. The van der Waals surface area contributed by atoms with Gasteiger partial charge in [0.1, 0.15) is 5.75 Å². The number of thioether (sulfide) groups is 1. The van der Waals surface area contributed by atoms with E-state index in [2.05, 4.69) is 0 Å². The number of carbonyl (C=O) groups is 1. The SMILES string of the molecule is Cc1ccccc1OCC(=O)N1CC2CC1CS2. The zero-order valence-corrected chi connectivity index (χ0v) is 11.3. The Labute approximate surface area is 111 Å². The van der Waals surface area contributed by atoms with Crippen molar-refractivity contribution in [3.63, 3.8) is 0 Å². The standard InChI is InChI=1S/C14H17NO2S/c1-10-4-2-3-5-13(10)17-8-14(16)15-7-12-6-11(15)9-18-12/h2-5,11-12H,6-9H2,1H3. The number of rotatable bonds is 3. The summed E-state index contributed by atoms with van der Waals surface area (Å²) in [5.74, 6) is 2.04. The van der Waals surface area contributed by atoms with Gasteiger partial charge in [0.25, 0.3) is 5.91 Å². The molecule has 1 amide bonds. The highest BCUT2D eigenvalue weighted by molar-refractivity contribution is 8.00. The van der Waals surface area contributed by atoms with Crippen LogP contribution in [0, 0.1) is 6.92 Å². The minimum atomic E-state index is 0.131. The van der Waals surface area contributed by atoms with E-state index in [4.69, 9.17) is 4.74 Å². The lowest BCUT2D eigenvalue weighted by atomic mass is 10.2. The number of nitrogens with zero attached hydrogens (tertiary/aromatic N) is 1. The van der Waals surface area contributed by atoms with Gasteiger partial charge >= 0.3 is 0 Å². The molecule has 0 aliphatic carbocycles. The Balaban J connectivity index is 1.58. The topological polar surface area (TPSA) is 29.5 Å². The molecule has 2 heterocycles. The molecule has 3 nitrogen and oxygen atoms in total. The van der Waals surface area contributed by atoms with E-state index in [0.717, 1.165) is 23.6 Å². The first kappa shape index (κ1) is 11.9. The first-order valence-corrected chi connectivity index (χ1v) is 7.38. The largest absolute Gasteiger partial charge is 0.484 e. The van der Waals surface area contributed by atoms with Gasteiger partial charge in [0.2, 0.25) is 0 Å². The quantitative estimate of drug-likeness (QED) is 0.836. The van der Waals surface area contributed by atoms with E-state index in [9.17, 15) is 4.79 Å². The van der Waals surface area contributed by atoms with Crippen LogP contribution in [0.5, 0.6) is 5.75 Å². The van der Waals surface area contributed by atoms with Gasteiger partial charge in [0.05, 0.1) is 0 Å². The van der Waals surface area contributed by atoms with E-state index in [1.807, 2.05) is 47.9 Å². The summed E-state index contributed by atoms with van der Waals surface area (Å²) in [6.07, 6.45) is 1.17. The Kier molecular flexibility index (Phi) is 3.20. The summed E-state index contributed by atoms with van der Waals surface area (Å²) in [5, 5.41) is 0.664. The lowest BCUT2D eigenvalue weighted by Crippen LogP contribution is -2.41. The summed E-state index contributed by atoms with van der Waals surface area (Å²) in [6.45, 7) is 3.07. The highest BCUT2D eigenvalue weighted by Gasteiger charge is 2.40. The summed E-state index contributed by atoms with van der Waals surface area (Å²) in [6, 6.07) is 8.26. The molecule has 1 aromatic carbocycles. The van der Waals surface area contributed by atoms with Crippen molar-refractivity contribution in [2.24, 2.45) is 0 Å². The van der Waals surface area contributed by atoms with Gasteiger partial charge in [-0.2, -0.15) is 11.8 Å². The molecule has 0 spiro atoms. The van der Waals surface area contributed by atoms with Crippen molar-refractivity contribution < 1.29 is 9.53 Å². The fraction of sp³-hybridized carbons (Fsp3) is 0.500. The van der Waals surface area contributed by atoms with Crippen LogP contribution in [0.15, 0.2) is 24.3 Å². The van der Waals surface area contributed by atoms with Crippen molar-refractivity contribution in [1.29, 1.82) is 0 Å². The summed E-state index contributed by atoms with van der Waals surface area (Å²) in [7, 11) is 0. The molecule has 4 heteroatoms. The third-order valence-electron chi connectivity index (χ3n) is 3.67. The van der Waals surface area contributed by atoms with Crippen molar-refractivity contribution in [2.75, 3.05) is 18.9 Å². The van der Waals surface area contributed by atoms with E-state index >= 15 is 0 Å². The maximum atomic E-state index is 12.1. The molecule has 0 saturated carbocycles. The van der Waals surface area contributed by atoms with Crippen LogP contribution in [0.2, 0.25) is 0 Å². The molecular weight excluding hydrogens is 246 g/mol. The Morgan fingerprint density at radius 2 is 2.33 bits per heavy atom. The summed E-state index contributed by atoms with van der Waals surface area (Å²) in [5.41, 5.74) is 1.07. The van der Waals surface area contributed by atoms with Crippen LogP contribution < -0.4 is 4.74 Å². The summed E-state index contributed by atoms with van der Waals surface area (Å²) >= 11 is 2.00. The second-order valence-electron chi connectivity index (χ2n) is 4.95. The molecule has 96 valence electrons. The number of fused-ring (bicyclic) bond motifs is 2. The summed E-state index contributed by atoms with van der Waals surface area (Å²) in [4.78, 5) is 14.1. The van der Waals surface area contributed by atoms with Crippen LogP contribution >= 0.6 is 11.8 Å². The number of amides is 1. The van der Waals surface area contributed by atoms with E-state index in [0.29, 0.717) is 11.3 Å². The fourth-order valence-electron chi connectivity index (χ4n) is 2.65. The average Bonchev–Trinajstić information content (AvgIpc) is 2.99. The lowest BCUT2D eigenvalue weighted by Gasteiger charge is -2.26. The Morgan fingerprint density at radius 3 is 3.00 bits per heavy atom. The molecule has 2 saturated heterocycles. The highest BCUT2D eigenvalue weighted by atomic mass is 32.2. The van der Waals surface area contributed by atoms with Gasteiger partial charge in [-0.1, -0.05) is 18.2 Å². The molecular formula is C14H17NO2S. The van der Waals surface area contributed by atoms with E-state index in [1.54, 1.807) is 0 Å². The van der Waals surface area contributed by atoms with Gasteiger partial charge in [-0.15, -0.1) is 0 Å². The average molecular weight is 263 g/mol. The van der Waals surface area contributed by atoms with E-state index in [-0.39, 0.29) is 12.5 Å². The molecule has 2 atom stereocenters. The lowest BCUT2D eigenvalue weighted by molar-refractivity contribution is -0.133. The van der Waals surface area contributed by atoms with Crippen molar-refractivity contribution in [2.45, 2.75) is 24.6 Å². The van der Waals surface area contributed by atoms with E-state index in [1.165, 1.54) is 6.42 Å². The molecule has 2 unspecified atom stereocenters. The first-order chi connectivity index (χ1) is 8.74. The van der Waals surface area contributed by atoms with Crippen LogP contribution in [0.25, 0.3) is 0 Å². The van der Waals surface area contributed by atoms with Gasteiger partial charge in [-0.3, -0.25) is 4.79 Å². The Hall–Kier alpha value is -1.16. The molecule has 2 fully saturated rings. The van der Waals surface area contributed by atoms with Gasteiger partial charge < -0.3 is 9.64 Å². The molecule has 2 aliphatic heterocycles. The molecule has 2 aliphatic rings. The van der Waals surface area contributed by atoms with Crippen molar-refractivity contribution >= 4 is 17.7 Å². The predicted octanol–water partition coefficient (Wildman–Crippen LogP) is 2.09. The van der Waals surface area contributed by atoms with Crippen LogP contribution in [0.1, 0.15) is 12.0 Å². The predicted molar refractivity (Wildman–Crippen MR) is 73.0 cm³/mol. The second-order valence-corrected chi connectivity index (χ2v) is 6.28. The molecule has 0 N–H and O–H groups in total. The molecule has 0 aromatic heterocycles. The van der Waals surface area contributed by atoms with Crippen LogP contribution in [0.3, 0.4) is 0 Å². The number of para-hydroxylation sites is 1. The van der Waals surface area contributed by atoms with E-state index < -0.39 is 0 Å². The third kappa shape index (κ3) is 2.21. The molecule has 0 radical (unpaired) electrons. The van der Waals surface area contributed by atoms with Gasteiger partial charge in [0.15, 0.2) is 6.61 Å². The minimum absolute atomic E-state index is 0.131. The number of hydrogen-bond acceptors (Lipinski definition) is 3. The van der Waals surface area contributed by atoms with Crippen molar-refractivity contribution in [3.05, 3.63) is 29.8 Å². The van der Waals surface area contributed by atoms with Gasteiger partial charge in [-0.25, -0.2) is 0 Å². The van der Waals surface area contributed by atoms with Gasteiger partial charge in [0, 0.05) is 23.6 Å². The normalized spacial score (nSPS) is 25.5.